The zero-order valence-corrected chi connectivity index (χ0v) is 13.1. The highest BCUT2D eigenvalue weighted by molar-refractivity contribution is 5.96. The van der Waals surface area contributed by atoms with Crippen LogP contribution in [0.15, 0.2) is 65.2 Å². The molecule has 2 aromatic carbocycles. The van der Waals surface area contributed by atoms with Crippen molar-refractivity contribution in [2.24, 2.45) is 10.9 Å². The Hall–Kier alpha value is -3.37. The number of phenols is 1. The number of allylic oxidation sites excluding steroid dienone is 1. The van der Waals surface area contributed by atoms with Crippen molar-refractivity contribution in [1.29, 1.82) is 10.5 Å². The fraction of sp³-hybridized carbons (Fsp3) is 0.150. The third-order valence-corrected chi connectivity index (χ3v) is 4.20. The summed E-state index contributed by atoms with van der Waals surface area (Å²) in [4.78, 5) is 4.55. The van der Waals surface area contributed by atoms with Gasteiger partial charge in [-0.25, -0.2) is 0 Å². The normalized spacial score (nSPS) is 20.0. The van der Waals surface area contributed by atoms with Gasteiger partial charge in [0.25, 0.3) is 0 Å². The summed E-state index contributed by atoms with van der Waals surface area (Å²) in [7, 11) is 0. The van der Waals surface area contributed by atoms with Crippen LogP contribution in [0, 0.1) is 28.6 Å². The Morgan fingerprint density at radius 1 is 1.00 bits per heavy atom. The number of nitrogens with zero attached hydrogens (tertiary/aromatic N) is 3. The van der Waals surface area contributed by atoms with Crippen molar-refractivity contribution in [3.8, 4) is 17.9 Å². The van der Waals surface area contributed by atoms with Gasteiger partial charge in [0.1, 0.15) is 5.75 Å². The fourth-order valence-corrected chi connectivity index (χ4v) is 3.01. The lowest BCUT2D eigenvalue weighted by molar-refractivity contribution is 0.475. The first-order chi connectivity index (χ1) is 11.7. The molecule has 0 fully saturated rings. The smallest absolute Gasteiger partial charge is 0.115 e. The Bertz CT molecular complexity index is 897. The Morgan fingerprint density at radius 3 is 2.25 bits per heavy atom. The van der Waals surface area contributed by atoms with E-state index < -0.39 is 11.8 Å². The molecule has 24 heavy (non-hydrogen) atoms. The van der Waals surface area contributed by atoms with Crippen LogP contribution in [-0.4, -0.2) is 10.8 Å². The third-order valence-electron chi connectivity index (χ3n) is 4.20. The summed E-state index contributed by atoms with van der Waals surface area (Å²) >= 11 is 0. The Morgan fingerprint density at radius 2 is 1.67 bits per heavy atom. The lowest BCUT2D eigenvalue weighted by Gasteiger charge is -2.27. The van der Waals surface area contributed by atoms with Gasteiger partial charge in [-0.3, -0.25) is 4.99 Å². The molecule has 2 atom stereocenters. The van der Waals surface area contributed by atoms with Crippen molar-refractivity contribution in [2.45, 2.75) is 12.8 Å². The van der Waals surface area contributed by atoms with E-state index in [0.29, 0.717) is 17.0 Å². The summed E-state index contributed by atoms with van der Waals surface area (Å²) < 4.78 is 0. The van der Waals surface area contributed by atoms with Crippen LogP contribution in [0.4, 0.5) is 0 Å². The van der Waals surface area contributed by atoms with E-state index in [9.17, 15) is 15.6 Å². The first-order valence-electron chi connectivity index (χ1n) is 7.59. The van der Waals surface area contributed by atoms with Crippen molar-refractivity contribution >= 4 is 11.4 Å². The van der Waals surface area contributed by atoms with Gasteiger partial charge in [-0.1, -0.05) is 42.5 Å². The third kappa shape index (κ3) is 2.66. The first-order valence-corrected chi connectivity index (χ1v) is 7.59. The summed E-state index contributed by atoms with van der Waals surface area (Å²) in [5, 5.41) is 28.9. The van der Waals surface area contributed by atoms with Crippen molar-refractivity contribution in [3.63, 3.8) is 0 Å². The zero-order chi connectivity index (χ0) is 17.1. The van der Waals surface area contributed by atoms with E-state index in [4.69, 9.17) is 0 Å². The van der Waals surface area contributed by atoms with Gasteiger partial charge in [0.2, 0.25) is 0 Å². The quantitative estimate of drug-likeness (QED) is 0.909. The number of nitriles is 2. The fourth-order valence-electron chi connectivity index (χ4n) is 3.01. The number of aliphatic imine (C=N–C) groups is 1. The number of benzene rings is 2. The monoisotopic (exact) mass is 313 g/mol. The maximum Gasteiger partial charge on any atom is 0.115 e. The first kappa shape index (κ1) is 15.5. The van der Waals surface area contributed by atoms with E-state index >= 15 is 0 Å². The topological polar surface area (TPSA) is 80.2 Å². The number of aromatic hydroxyl groups is 1. The van der Waals surface area contributed by atoms with Gasteiger partial charge in [0, 0.05) is 17.2 Å². The Balaban J connectivity index is 2.22. The van der Waals surface area contributed by atoms with E-state index in [0.717, 1.165) is 11.1 Å². The molecule has 0 bridgehead atoms. The minimum atomic E-state index is -0.503. The van der Waals surface area contributed by atoms with Gasteiger partial charge >= 0.3 is 0 Å². The largest absolute Gasteiger partial charge is 0.508 e. The van der Waals surface area contributed by atoms with Crippen molar-refractivity contribution in [2.75, 3.05) is 0 Å². The molecule has 0 saturated carbocycles. The summed E-state index contributed by atoms with van der Waals surface area (Å²) in [6, 6.07) is 20.7. The van der Waals surface area contributed by atoms with Crippen LogP contribution in [0.3, 0.4) is 0 Å². The average Bonchev–Trinajstić information content (AvgIpc) is 2.62. The molecule has 0 aliphatic carbocycles. The molecule has 1 aliphatic rings. The SMILES string of the molecule is CC1=NC(c2ccccc2)=C(C#N)C(c2ccc(O)cc2)C1C#N. The number of phenolic OH excluding ortho intramolecular Hbond substituents is 1. The highest BCUT2D eigenvalue weighted by Gasteiger charge is 2.35. The van der Waals surface area contributed by atoms with Crippen LogP contribution in [0.1, 0.15) is 24.0 Å². The molecule has 4 nitrogen and oxygen atoms in total. The second kappa shape index (κ2) is 6.40. The lowest BCUT2D eigenvalue weighted by Crippen LogP contribution is -2.24. The van der Waals surface area contributed by atoms with Crippen LogP contribution in [-0.2, 0) is 0 Å². The van der Waals surface area contributed by atoms with Gasteiger partial charge in [-0.2, -0.15) is 10.5 Å². The van der Waals surface area contributed by atoms with E-state index in [1.807, 2.05) is 37.3 Å². The second-order valence-electron chi connectivity index (χ2n) is 5.67. The highest BCUT2D eigenvalue weighted by atomic mass is 16.3. The number of hydrogen-bond acceptors (Lipinski definition) is 4. The maximum absolute atomic E-state index is 9.77. The average molecular weight is 313 g/mol. The van der Waals surface area contributed by atoms with E-state index in [2.05, 4.69) is 17.1 Å². The summed E-state index contributed by atoms with van der Waals surface area (Å²) in [6.07, 6.45) is 0. The number of rotatable bonds is 2. The molecule has 1 N–H and O–H groups in total. The van der Waals surface area contributed by atoms with E-state index in [1.165, 1.54) is 0 Å². The van der Waals surface area contributed by atoms with Crippen molar-refractivity contribution in [1.82, 2.24) is 0 Å². The molecule has 3 rings (SSSR count). The van der Waals surface area contributed by atoms with Gasteiger partial charge in [-0.15, -0.1) is 0 Å². The standard InChI is InChI=1S/C20H15N3O/c1-13-17(11-21)19(14-7-9-16(24)10-8-14)18(12-22)20(23-13)15-5-3-2-4-6-15/h2-10,17,19,24H,1H3. The van der Waals surface area contributed by atoms with Crippen LogP contribution in [0.25, 0.3) is 5.70 Å². The molecule has 2 unspecified atom stereocenters. The van der Waals surface area contributed by atoms with Crippen LogP contribution in [0.2, 0.25) is 0 Å². The highest BCUT2D eigenvalue weighted by Crippen LogP contribution is 2.41. The molecule has 116 valence electrons. The van der Waals surface area contributed by atoms with E-state index in [-0.39, 0.29) is 5.75 Å². The Labute approximate surface area is 140 Å². The lowest BCUT2D eigenvalue weighted by atomic mass is 9.76. The van der Waals surface area contributed by atoms with Crippen molar-refractivity contribution in [3.05, 3.63) is 71.3 Å². The maximum atomic E-state index is 9.77. The van der Waals surface area contributed by atoms with Gasteiger partial charge in [0.15, 0.2) is 0 Å². The van der Waals surface area contributed by atoms with Gasteiger partial charge in [0.05, 0.1) is 29.3 Å². The molecular weight excluding hydrogens is 298 g/mol. The molecule has 0 aromatic heterocycles. The molecule has 1 aliphatic heterocycles. The molecule has 0 spiro atoms. The Kier molecular flexibility index (Phi) is 4.14. The summed E-state index contributed by atoms with van der Waals surface area (Å²) in [6.45, 7) is 1.82. The van der Waals surface area contributed by atoms with E-state index in [1.54, 1.807) is 24.3 Å². The van der Waals surface area contributed by atoms with Crippen molar-refractivity contribution < 1.29 is 5.11 Å². The van der Waals surface area contributed by atoms with Crippen LogP contribution >= 0.6 is 0 Å². The molecule has 0 saturated heterocycles. The van der Waals surface area contributed by atoms with Crippen LogP contribution < -0.4 is 0 Å². The second-order valence-corrected chi connectivity index (χ2v) is 5.67. The molecule has 0 amide bonds. The molecular formula is C20H15N3O. The van der Waals surface area contributed by atoms with Gasteiger partial charge < -0.3 is 5.11 Å². The van der Waals surface area contributed by atoms with Gasteiger partial charge in [-0.05, 0) is 24.6 Å². The molecule has 4 heteroatoms. The summed E-state index contributed by atoms with van der Waals surface area (Å²) in [5.74, 6) is -0.746. The zero-order valence-electron chi connectivity index (χ0n) is 13.1. The minimum absolute atomic E-state index is 0.152. The predicted molar refractivity (Wildman–Crippen MR) is 92.0 cm³/mol. The molecule has 1 heterocycles. The molecule has 0 radical (unpaired) electrons. The van der Waals surface area contributed by atoms with Crippen LogP contribution in [0.5, 0.6) is 5.75 Å². The minimum Gasteiger partial charge on any atom is -0.508 e. The predicted octanol–water partition coefficient (Wildman–Crippen LogP) is 4.02. The summed E-state index contributed by atoms with van der Waals surface area (Å²) in [5.41, 5.74) is 3.45. The molecule has 2 aromatic rings. The number of hydrogen-bond donors (Lipinski definition) is 1.